The average molecular weight is 191 g/mol. The van der Waals surface area contributed by atoms with E-state index >= 15 is 0 Å². The Kier molecular flexibility index (Phi) is 1.67. The van der Waals surface area contributed by atoms with Crippen molar-refractivity contribution < 1.29 is 9.90 Å². The van der Waals surface area contributed by atoms with Crippen molar-refractivity contribution in [3.05, 3.63) is 23.9 Å². The molecule has 0 radical (unpaired) electrons. The van der Waals surface area contributed by atoms with Gasteiger partial charge in [0.25, 0.3) is 0 Å². The zero-order valence-corrected chi connectivity index (χ0v) is 7.56. The number of aryl methyl sites for hydroxylation is 1. The van der Waals surface area contributed by atoms with Gasteiger partial charge in [0, 0.05) is 17.3 Å². The number of nitrogens with zero attached hydrogens (tertiary/aromatic N) is 2. The van der Waals surface area contributed by atoms with Crippen molar-refractivity contribution in [2.45, 2.75) is 6.92 Å². The van der Waals surface area contributed by atoms with E-state index < -0.39 is 6.09 Å². The Morgan fingerprint density at radius 1 is 1.57 bits per heavy atom. The molecule has 0 bridgehead atoms. The summed E-state index contributed by atoms with van der Waals surface area (Å²) in [6.45, 7) is 1.86. The number of anilines is 1. The van der Waals surface area contributed by atoms with Gasteiger partial charge in [-0.15, -0.1) is 0 Å². The Morgan fingerprint density at radius 3 is 2.86 bits per heavy atom. The van der Waals surface area contributed by atoms with Crippen LogP contribution in [0.5, 0.6) is 0 Å². The number of aromatic nitrogens is 2. The standard InChI is InChI=1S/C9H9N3O2/c1-5-2-3-7(10)6-4-12(9(13)14)11-8(5)6/h2-4H,10H2,1H3,(H,13,14). The second kappa shape index (κ2) is 2.73. The molecule has 2 rings (SSSR count). The highest BCUT2D eigenvalue weighted by Crippen LogP contribution is 2.22. The van der Waals surface area contributed by atoms with Gasteiger partial charge in [0.2, 0.25) is 0 Å². The summed E-state index contributed by atoms with van der Waals surface area (Å²) in [6, 6.07) is 3.56. The molecule has 1 aromatic carbocycles. The molecule has 1 aromatic heterocycles. The highest BCUT2D eigenvalue weighted by Gasteiger charge is 2.09. The smallest absolute Gasteiger partial charge is 0.432 e. The Hall–Kier alpha value is -2.04. The SMILES string of the molecule is Cc1ccc(N)c2cn(C(=O)O)nc12. The summed E-state index contributed by atoms with van der Waals surface area (Å²) in [5.74, 6) is 0. The van der Waals surface area contributed by atoms with Crippen LogP contribution in [0.2, 0.25) is 0 Å². The molecule has 0 aliphatic heterocycles. The van der Waals surface area contributed by atoms with Crippen molar-refractivity contribution in [1.82, 2.24) is 9.78 Å². The average Bonchev–Trinajstić information content (AvgIpc) is 2.57. The minimum absolute atomic E-state index is 0.540. The Bertz CT molecular complexity index is 477. The van der Waals surface area contributed by atoms with Crippen molar-refractivity contribution in [2.24, 2.45) is 0 Å². The third kappa shape index (κ3) is 1.10. The second-order valence-corrected chi connectivity index (χ2v) is 3.09. The highest BCUT2D eigenvalue weighted by molar-refractivity contribution is 5.93. The van der Waals surface area contributed by atoms with E-state index in [0.717, 1.165) is 10.2 Å². The summed E-state index contributed by atoms with van der Waals surface area (Å²) in [4.78, 5) is 10.7. The number of fused-ring (bicyclic) bond motifs is 1. The molecule has 0 spiro atoms. The Labute approximate surface area is 79.7 Å². The monoisotopic (exact) mass is 191 g/mol. The molecule has 0 aliphatic carbocycles. The van der Waals surface area contributed by atoms with Gasteiger partial charge < -0.3 is 10.8 Å². The number of carbonyl (C=O) groups is 1. The second-order valence-electron chi connectivity index (χ2n) is 3.09. The highest BCUT2D eigenvalue weighted by atomic mass is 16.4. The summed E-state index contributed by atoms with van der Waals surface area (Å²) in [7, 11) is 0. The molecule has 0 aliphatic rings. The van der Waals surface area contributed by atoms with Crippen molar-refractivity contribution in [2.75, 3.05) is 5.73 Å². The molecule has 72 valence electrons. The molecular formula is C9H9N3O2. The van der Waals surface area contributed by atoms with Crippen molar-refractivity contribution in [3.8, 4) is 0 Å². The first-order valence-electron chi connectivity index (χ1n) is 4.07. The first-order chi connectivity index (χ1) is 6.59. The number of benzene rings is 1. The van der Waals surface area contributed by atoms with Crippen molar-refractivity contribution >= 4 is 22.7 Å². The summed E-state index contributed by atoms with van der Waals surface area (Å²) in [6.07, 6.45) is 0.306. The summed E-state index contributed by atoms with van der Waals surface area (Å²) < 4.78 is 0.869. The van der Waals surface area contributed by atoms with Crippen LogP contribution in [0.4, 0.5) is 10.5 Å². The maximum Gasteiger partial charge on any atom is 0.432 e. The van der Waals surface area contributed by atoms with Crippen LogP contribution in [0.1, 0.15) is 5.56 Å². The lowest BCUT2D eigenvalue weighted by molar-refractivity contribution is 0.193. The lowest BCUT2D eigenvalue weighted by Crippen LogP contribution is -2.07. The number of nitrogens with two attached hydrogens (primary N) is 1. The number of nitrogen functional groups attached to an aromatic ring is 1. The summed E-state index contributed by atoms with van der Waals surface area (Å²) in [5.41, 5.74) is 7.78. The Balaban J connectivity index is 2.82. The molecule has 3 N–H and O–H groups in total. The molecule has 2 aromatic rings. The van der Waals surface area contributed by atoms with Crippen LogP contribution >= 0.6 is 0 Å². The number of rotatable bonds is 0. The van der Waals surface area contributed by atoms with Gasteiger partial charge in [-0.1, -0.05) is 6.07 Å². The predicted molar refractivity (Wildman–Crippen MR) is 52.3 cm³/mol. The summed E-state index contributed by atoms with van der Waals surface area (Å²) >= 11 is 0. The van der Waals surface area contributed by atoms with Gasteiger partial charge in [0.05, 0.1) is 5.52 Å². The first-order valence-corrected chi connectivity index (χ1v) is 4.07. The van der Waals surface area contributed by atoms with Crippen LogP contribution in [0, 0.1) is 6.92 Å². The van der Waals surface area contributed by atoms with Crippen LogP contribution in [-0.4, -0.2) is 21.0 Å². The van der Waals surface area contributed by atoms with Crippen LogP contribution in [0.3, 0.4) is 0 Å². The lowest BCUT2D eigenvalue weighted by atomic mass is 10.1. The van der Waals surface area contributed by atoms with Crippen LogP contribution in [0.25, 0.3) is 10.9 Å². The molecule has 5 heteroatoms. The summed E-state index contributed by atoms with van der Waals surface area (Å²) in [5, 5.41) is 13.3. The largest absolute Gasteiger partial charge is 0.463 e. The van der Waals surface area contributed by atoms with E-state index in [1.54, 1.807) is 6.07 Å². The molecule has 0 saturated carbocycles. The van der Waals surface area contributed by atoms with Crippen LogP contribution < -0.4 is 5.73 Å². The fraction of sp³-hybridized carbons (Fsp3) is 0.111. The van der Waals surface area contributed by atoms with Crippen molar-refractivity contribution in [1.29, 1.82) is 0 Å². The normalized spacial score (nSPS) is 10.6. The van der Waals surface area contributed by atoms with E-state index in [0.29, 0.717) is 16.6 Å². The number of hydrogen-bond donors (Lipinski definition) is 2. The van der Waals surface area contributed by atoms with Gasteiger partial charge in [-0.3, -0.25) is 0 Å². The van der Waals surface area contributed by atoms with E-state index in [4.69, 9.17) is 10.8 Å². The van der Waals surface area contributed by atoms with Crippen molar-refractivity contribution in [3.63, 3.8) is 0 Å². The minimum Gasteiger partial charge on any atom is -0.463 e. The van der Waals surface area contributed by atoms with E-state index in [-0.39, 0.29) is 0 Å². The fourth-order valence-electron chi connectivity index (χ4n) is 1.36. The molecule has 0 fully saturated rings. The van der Waals surface area contributed by atoms with E-state index in [1.165, 1.54) is 6.20 Å². The number of carboxylic acid groups (broad SMARTS) is 1. The molecule has 0 amide bonds. The van der Waals surface area contributed by atoms with Gasteiger partial charge in [0.1, 0.15) is 0 Å². The topological polar surface area (TPSA) is 81.1 Å². The van der Waals surface area contributed by atoms with E-state index in [9.17, 15) is 4.79 Å². The maximum absolute atomic E-state index is 10.7. The van der Waals surface area contributed by atoms with Crippen LogP contribution in [0.15, 0.2) is 18.3 Å². The third-order valence-electron chi connectivity index (χ3n) is 2.11. The predicted octanol–water partition coefficient (Wildman–Crippen LogP) is 1.45. The van der Waals surface area contributed by atoms with E-state index in [1.807, 2.05) is 13.0 Å². The van der Waals surface area contributed by atoms with Gasteiger partial charge in [-0.05, 0) is 18.6 Å². The zero-order valence-electron chi connectivity index (χ0n) is 7.56. The number of hydrogen-bond acceptors (Lipinski definition) is 3. The molecule has 0 atom stereocenters. The fourth-order valence-corrected chi connectivity index (χ4v) is 1.36. The molecule has 14 heavy (non-hydrogen) atoms. The zero-order chi connectivity index (χ0) is 10.3. The van der Waals surface area contributed by atoms with Crippen LogP contribution in [-0.2, 0) is 0 Å². The first kappa shape index (κ1) is 8.55. The lowest BCUT2D eigenvalue weighted by Gasteiger charge is -1.96. The van der Waals surface area contributed by atoms with E-state index in [2.05, 4.69) is 5.10 Å². The minimum atomic E-state index is -1.11. The molecule has 1 heterocycles. The Morgan fingerprint density at radius 2 is 2.29 bits per heavy atom. The third-order valence-corrected chi connectivity index (χ3v) is 2.11. The maximum atomic E-state index is 10.7. The van der Waals surface area contributed by atoms with Gasteiger partial charge >= 0.3 is 6.09 Å². The van der Waals surface area contributed by atoms with Gasteiger partial charge in [-0.25, -0.2) is 4.79 Å². The molecule has 0 saturated heterocycles. The molecule has 0 unspecified atom stereocenters. The quantitative estimate of drug-likeness (QED) is 0.617. The van der Waals surface area contributed by atoms with Gasteiger partial charge in [0.15, 0.2) is 0 Å². The molecule has 5 nitrogen and oxygen atoms in total. The van der Waals surface area contributed by atoms with Gasteiger partial charge in [-0.2, -0.15) is 9.78 Å². The molecular weight excluding hydrogens is 182 g/mol.